The number of imidazole rings is 1. The maximum Gasteiger partial charge on any atom is 0.131 e. The Balaban J connectivity index is 2.10. The first-order valence-corrected chi connectivity index (χ1v) is 8.44. The van der Waals surface area contributed by atoms with E-state index in [0.717, 1.165) is 24.1 Å². The number of nitriles is 1. The Hall–Kier alpha value is -3.20. The number of unbranched alkanes of at least 4 members (excludes halogenated alkanes) is 1. The third-order valence-corrected chi connectivity index (χ3v) is 4.02. The van der Waals surface area contributed by atoms with E-state index >= 15 is 0 Å². The molecule has 0 aliphatic heterocycles. The molecule has 0 bridgehead atoms. The molecule has 0 saturated carbocycles. The molecule has 2 heterocycles. The number of benzene rings is 1. The third kappa shape index (κ3) is 3.57. The lowest BCUT2D eigenvalue weighted by Crippen LogP contribution is -2.01. The second kappa shape index (κ2) is 7.79. The van der Waals surface area contributed by atoms with Crippen molar-refractivity contribution in [1.82, 2.24) is 14.5 Å². The first-order valence-electron chi connectivity index (χ1n) is 8.44. The number of ether oxygens (including phenoxy) is 1. The van der Waals surface area contributed by atoms with Crippen molar-refractivity contribution in [2.24, 2.45) is 7.05 Å². The molecule has 1 aromatic carbocycles. The number of hydrogen-bond donors (Lipinski definition) is 0. The van der Waals surface area contributed by atoms with Crippen LogP contribution >= 0.6 is 0 Å². The van der Waals surface area contributed by atoms with E-state index in [1.54, 1.807) is 30.7 Å². The molecule has 6 heteroatoms. The Morgan fingerprint density at radius 1 is 1.23 bits per heavy atom. The molecular formula is C20H19FN4O. The van der Waals surface area contributed by atoms with Crippen LogP contribution in [0.25, 0.3) is 22.6 Å². The summed E-state index contributed by atoms with van der Waals surface area (Å²) in [7, 11) is 1.86. The monoisotopic (exact) mass is 350 g/mol. The van der Waals surface area contributed by atoms with Crippen LogP contribution in [0.1, 0.15) is 25.3 Å². The molecular weight excluding hydrogens is 331 g/mol. The van der Waals surface area contributed by atoms with Crippen LogP contribution in [0, 0.1) is 17.1 Å². The maximum absolute atomic E-state index is 13.8. The van der Waals surface area contributed by atoms with E-state index in [9.17, 15) is 4.39 Å². The highest BCUT2D eigenvalue weighted by atomic mass is 19.1. The molecule has 0 aliphatic carbocycles. The summed E-state index contributed by atoms with van der Waals surface area (Å²) >= 11 is 0. The molecule has 0 spiro atoms. The Bertz CT molecular complexity index is 959. The van der Waals surface area contributed by atoms with Crippen LogP contribution in [-0.2, 0) is 7.05 Å². The van der Waals surface area contributed by atoms with Crippen molar-refractivity contribution in [3.05, 3.63) is 54.2 Å². The van der Waals surface area contributed by atoms with Crippen molar-refractivity contribution in [3.8, 4) is 34.5 Å². The summed E-state index contributed by atoms with van der Waals surface area (Å²) in [5.74, 6) is 0.119. The van der Waals surface area contributed by atoms with Gasteiger partial charge >= 0.3 is 0 Å². The van der Waals surface area contributed by atoms with Crippen LogP contribution in [0.4, 0.5) is 4.39 Å². The van der Waals surface area contributed by atoms with Crippen molar-refractivity contribution < 1.29 is 9.13 Å². The van der Waals surface area contributed by atoms with Gasteiger partial charge in [0.05, 0.1) is 36.0 Å². The molecule has 0 amide bonds. The number of aryl methyl sites for hydroxylation is 1. The Morgan fingerprint density at radius 3 is 2.85 bits per heavy atom. The molecule has 132 valence electrons. The van der Waals surface area contributed by atoms with Gasteiger partial charge in [-0.15, -0.1) is 0 Å². The summed E-state index contributed by atoms with van der Waals surface area (Å²) in [5, 5.41) is 9.13. The van der Waals surface area contributed by atoms with Gasteiger partial charge in [0.15, 0.2) is 0 Å². The molecule has 0 fully saturated rings. The number of rotatable bonds is 6. The highest BCUT2D eigenvalue weighted by Gasteiger charge is 2.19. The van der Waals surface area contributed by atoms with Crippen LogP contribution in [-0.4, -0.2) is 21.1 Å². The van der Waals surface area contributed by atoms with Gasteiger partial charge < -0.3 is 9.30 Å². The molecule has 0 radical (unpaired) electrons. The number of aromatic nitrogens is 3. The van der Waals surface area contributed by atoms with E-state index in [4.69, 9.17) is 10.00 Å². The van der Waals surface area contributed by atoms with Crippen LogP contribution in [0.15, 0.2) is 42.9 Å². The molecule has 0 unspecified atom stereocenters. The van der Waals surface area contributed by atoms with E-state index < -0.39 is 0 Å². The average molecular weight is 350 g/mol. The van der Waals surface area contributed by atoms with E-state index in [1.807, 2.05) is 11.6 Å². The minimum atomic E-state index is -0.353. The zero-order valence-electron chi connectivity index (χ0n) is 14.7. The quantitative estimate of drug-likeness (QED) is 0.620. The van der Waals surface area contributed by atoms with Gasteiger partial charge in [-0.2, -0.15) is 5.26 Å². The highest BCUT2D eigenvalue weighted by Crippen LogP contribution is 2.36. The summed E-state index contributed by atoms with van der Waals surface area (Å²) in [6.07, 6.45) is 5.13. The molecule has 26 heavy (non-hydrogen) atoms. The number of nitrogens with zero attached hydrogens (tertiary/aromatic N) is 4. The standard InChI is InChI=1S/C20H19FN4O/c1-3-4-9-26-18-11-15(21)5-6-16(18)20-19(24-13-25(20)2)17-10-14(12-22)7-8-23-17/h5-8,10-11,13H,3-4,9H2,1-2H3. The first kappa shape index (κ1) is 17.6. The van der Waals surface area contributed by atoms with Crippen molar-refractivity contribution in [3.63, 3.8) is 0 Å². The van der Waals surface area contributed by atoms with Crippen LogP contribution in [0.5, 0.6) is 5.75 Å². The first-order chi connectivity index (χ1) is 12.6. The third-order valence-electron chi connectivity index (χ3n) is 4.02. The second-order valence-electron chi connectivity index (χ2n) is 5.94. The predicted octanol–water partition coefficient (Wildman–Crippen LogP) is 4.34. The second-order valence-corrected chi connectivity index (χ2v) is 5.94. The van der Waals surface area contributed by atoms with Crippen LogP contribution in [0.3, 0.4) is 0 Å². The zero-order chi connectivity index (χ0) is 18.5. The number of pyridine rings is 1. The van der Waals surface area contributed by atoms with Gasteiger partial charge in [0.25, 0.3) is 0 Å². The lowest BCUT2D eigenvalue weighted by atomic mass is 10.1. The van der Waals surface area contributed by atoms with Gasteiger partial charge in [-0.05, 0) is 30.7 Å². The SMILES string of the molecule is CCCCOc1cc(F)ccc1-c1c(-c2cc(C#N)ccn2)ncn1C. The lowest BCUT2D eigenvalue weighted by Gasteiger charge is -2.13. The Morgan fingerprint density at radius 2 is 2.08 bits per heavy atom. The molecule has 2 aromatic heterocycles. The summed E-state index contributed by atoms with van der Waals surface area (Å²) in [6.45, 7) is 2.59. The average Bonchev–Trinajstić information content (AvgIpc) is 3.03. The van der Waals surface area contributed by atoms with Gasteiger partial charge in [-0.25, -0.2) is 9.37 Å². The normalized spacial score (nSPS) is 10.5. The predicted molar refractivity (Wildman–Crippen MR) is 97.0 cm³/mol. The van der Waals surface area contributed by atoms with Gasteiger partial charge in [0.2, 0.25) is 0 Å². The maximum atomic E-state index is 13.8. The van der Waals surface area contributed by atoms with Gasteiger partial charge in [-0.3, -0.25) is 4.98 Å². The largest absolute Gasteiger partial charge is 0.493 e. The fourth-order valence-corrected chi connectivity index (χ4v) is 2.70. The van der Waals surface area contributed by atoms with Gasteiger partial charge in [0, 0.05) is 24.9 Å². The van der Waals surface area contributed by atoms with E-state index in [0.29, 0.717) is 29.3 Å². The Kier molecular flexibility index (Phi) is 5.28. The Labute approximate surface area is 151 Å². The molecule has 0 saturated heterocycles. The zero-order valence-corrected chi connectivity index (χ0v) is 14.7. The molecule has 3 rings (SSSR count). The van der Waals surface area contributed by atoms with Crippen molar-refractivity contribution >= 4 is 0 Å². The molecule has 0 atom stereocenters. The lowest BCUT2D eigenvalue weighted by molar-refractivity contribution is 0.309. The molecule has 3 aromatic rings. The topological polar surface area (TPSA) is 63.7 Å². The van der Waals surface area contributed by atoms with Gasteiger partial charge in [0.1, 0.15) is 17.3 Å². The summed E-state index contributed by atoms with van der Waals surface area (Å²) in [6, 6.07) is 9.91. The smallest absolute Gasteiger partial charge is 0.131 e. The minimum Gasteiger partial charge on any atom is -0.493 e. The van der Waals surface area contributed by atoms with Crippen molar-refractivity contribution in [2.75, 3.05) is 6.61 Å². The van der Waals surface area contributed by atoms with Crippen LogP contribution < -0.4 is 4.74 Å². The number of halogens is 1. The van der Waals surface area contributed by atoms with E-state index in [2.05, 4.69) is 23.0 Å². The van der Waals surface area contributed by atoms with Crippen molar-refractivity contribution in [1.29, 1.82) is 5.26 Å². The van der Waals surface area contributed by atoms with Gasteiger partial charge in [-0.1, -0.05) is 13.3 Å². The molecule has 0 aliphatic rings. The summed E-state index contributed by atoms with van der Waals surface area (Å²) in [5.41, 5.74) is 3.21. The highest BCUT2D eigenvalue weighted by molar-refractivity contribution is 5.80. The number of hydrogen-bond acceptors (Lipinski definition) is 4. The van der Waals surface area contributed by atoms with E-state index in [1.165, 1.54) is 12.1 Å². The minimum absolute atomic E-state index is 0.353. The fraction of sp³-hybridized carbons (Fsp3) is 0.250. The van der Waals surface area contributed by atoms with Crippen LogP contribution in [0.2, 0.25) is 0 Å². The summed E-state index contributed by atoms with van der Waals surface area (Å²) in [4.78, 5) is 8.78. The van der Waals surface area contributed by atoms with E-state index in [-0.39, 0.29) is 5.82 Å². The molecule has 5 nitrogen and oxygen atoms in total. The summed E-state index contributed by atoms with van der Waals surface area (Å²) < 4.78 is 21.4. The van der Waals surface area contributed by atoms with Crippen molar-refractivity contribution in [2.45, 2.75) is 19.8 Å². The molecule has 0 N–H and O–H groups in total. The fourth-order valence-electron chi connectivity index (χ4n) is 2.70.